The number of ether oxygens (including phenoxy) is 2. The molecule has 1 N–H and O–H groups in total. The van der Waals surface area contributed by atoms with Gasteiger partial charge < -0.3 is 14.6 Å². The van der Waals surface area contributed by atoms with E-state index in [1.54, 1.807) is 6.08 Å². The van der Waals surface area contributed by atoms with Crippen LogP contribution in [-0.4, -0.2) is 29.9 Å². The zero-order valence-corrected chi connectivity index (χ0v) is 11.8. The first-order chi connectivity index (χ1) is 9.56. The predicted octanol–water partition coefficient (Wildman–Crippen LogP) is 3.04. The highest BCUT2D eigenvalue weighted by molar-refractivity contribution is 5.86. The van der Waals surface area contributed by atoms with Gasteiger partial charge in [-0.15, -0.1) is 0 Å². The summed E-state index contributed by atoms with van der Waals surface area (Å²) in [5.41, 5.74) is 1.77. The fraction of sp³-hybridized carbons (Fsp3) is 0.438. The predicted molar refractivity (Wildman–Crippen MR) is 76.9 cm³/mol. The number of carboxylic acid groups (broad SMARTS) is 1. The summed E-state index contributed by atoms with van der Waals surface area (Å²) in [4.78, 5) is 10.6. The van der Waals surface area contributed by atoms with Crippen LogP contribution in [0.25, 0.3) is 6.08 Å². The first kappa shape index (κ1) is 14.6. The zero-order valence-electron chi connectivity index (χ0n) is 11.8. The average Bonchev–Trinajstić information content (AvgIpc) is 2.81. The Hall–Kier alpha value is -1.81. The van der Waals surface area contributed by atoms with Crippen molar-refractivity contribution in [2.24, 2.45) is 0 Å². The number of hydrogen-bond donors (Lipinski definition) is 1. The van der Waals surface area contributed by atoms with Crippen molar-refractivity contribution < 1.29 is 19.4 Å². The molecule has 108 valence electrons. The van der Waals surface area contributed by atoms with E-state index in [4.69, 9.17) is 14.6 Å². The van der Waals surface area contributed by atoms with Gasteiger partial charge in [0.05, 0.1) is 12.2 Å². The van der Waals surface area contributed by atoms with Gasteiger partial charge in [0.25, 0.3) is 0 Å². The van der Waals surface area contributed by atoms with E-state index in [2.05, 4.69) is 6.92 Å². The lowest BCUT2D eigenvalue weighted by Crippen LogP contribution is -2.18. The molecule has 0 aliphatic carbocycles. The summed E-state index contributed by atoms with van der Waals surface area (Å²) < 4.78 is 11.6. The van der Waals surface area contributed by atoms with Gasteiger partial charge in [0, 0.05) is 11.6 Å². The van der Waals surface area contributed by atoms with Crippen LogP contribution >= 0.6 is 0 Å². The third kappa shape index (κ3) is 3.84. The molecule has 20 heavy (non-hydrogen) atoms. The Balaban J connectivity index is 2.07. The lowest BCUT2D eigenvalue weighted by Gasteiger charge is -2.16. The van der Waals surface area contributed by atoms with Crippen LogP contribution in [0.5, 0.6) is 5.75 Å². The van der Waals surface area contributed by atoms with Crippen molar-refractivity contribution in [1.29, 1.82) is 0 Å². The quantitative estimate of drug-likeness (QED) is 0.840. The highest BCUT2D eigenvalue weighted by Gasteiger charge is 2.22. The Labute approximate surface area is 119 Å². The maximum atomic E-state index is 10.6. The fourth-order valence-electron chi connectivity index (χ4n) is 2.35. The SMILES string of the molecule is Cc1cccc(/C=C/C(=O)O)c1OCC1CCC(C)O1. The molecule has 4 heteroatoms. The second-order valence-electron chi connectivity index (χ2n) is 5.12. The summed E-state index contributed by atoms with van der Waals surface area (Å²) in [6, 6.07) is 5.68. The molecule has 2 atom stereocenters. The second kappa shape index (κ2) is 6.57. The molecule has 0 spiro atoms. The van der Waals surface area contributed by atoms with Gasteiger partial charge in [-0.25, -0.2) is 4.79 Å². The topological polar surface area (TPSA) is 55.8 Å². The van der Waals surface area contributed by atoms with Gasteiger partial charge in [-0.2, -0.15) is 0 Å². The van der Waals surface area contributed by atoms with E-state index in [0.717, 1.165) is 35.8 Å². The Morgan fingerprint density at radius 2 is 2.30 bits per heavy atom. The minimum Gasteiger partial charge on any atom is -0.490 e. The maximum absolute atomic E-state index is 10.6. The van der Waals surface area contributed by atoms with Crippen LogP contribution in [0.3, 0.4) is 0 Å². The molecule has 2 rings (SSSR count). The number of carboxylic acids is 1. The third-order valence-corrected chi connectivity index (χ3v) is 3.38. The monoisotopic (exact) mass is 276 g/mol. The molecule has 0 saturated carbocycles. The number of para-hydroxylation sites is 1. The summed E-state index contributed by atoms with van der Waals surface area (Å²) in [6.07, 6.45) is 5.17. The van der Waals surface area contributed by atoms with Crippen molar-refractivity contribution in [2.75, 3.05) is 6.61 Å². The Bertz CT molecular complexity index is 507. The van der Waals surface area contributed by atoms with Crippen LogP contribution in [-0.2, 0) is 9.53 Å². The Morgan fingerprint density at radius 1 is 1.50 bits per heavy atom. The molecular weight excluding hydrogens is 256 g/mol. The molecule has 1 aliphatic rings. The number of aliphatic carboxylic acids is 1. The lowest BCUT2D eigenvalue weighted by molar-refractivity contribution is -0.131. The van der Waals surface area contributed by atoms with Crippen LogP contribution < -0.4 is 4.74 Å². The van der Waals surface area contributed by atoms with Crippen molar-refractivity contribution in [2.45, 2.75) is 38.9 Å². The van der Waals surface area contributed by atoms with E-state index in [1.165, 1.54) is 0 Å². The number of hydrogen-bond acceptors (Lipinski definition) is 3. The Kier molecular flexibility index (Phi) is 4.79. The molecule has 1 aliphatic heterocycles. The van der Waals surface area contributed by atoms with Gasteiger partial charge >= 0.3 is 5.97 Å². The highest BCUT2D eigenvalue weighted by atomic mass is 16.5. The number of benzene rings is 1. The molecule has 2 unspecified atom stereocenters. The van der Waals surface area contributed by atoms with Gasteiger partial charge in [-0.3, -0.25) is 0 Å². The molecule has 0 radical (unpaired) electrons. The number of carbonyl (C=O) groups is 1. The molecule has 0 bridgehead atoms. The largest absolute Gasteiger partial charge is 0.490 e. The normalized spacial score (nSPS) is 22.3. The summed E-state index contributed by atoms with van der Waals surface area (Å²) >= 11 is 0. The number of rotatable bonds is 5. The average molecular weight is 276 g/mol. The van der Waals surface area contributed by atoms with Gasteiger partial charge in [0.1, 0.15) is 12.4 Å². The lowest BCUT2D eigenvalue weighted by atomic mass is 10.1. The molecule has 1 fully saturated rings. The molecule has 0 aromatic heterocycles. The van der Waals surface area contributed by atoms with Gasteiger partial charge in [-0.1, -0.05) is 18.2 Å². The minimum absolute atomic E-state index is 0.126. The van der Waals surface area contributed by atoms with Gasteiger partial charge in [-0.05, 0) is 38.3 Å². The zero-order chi connectivity index (χ0) is 14.5. The molecule has 1 aromatic carbocycles. The molecule has 1 heterocycles. The minimum atomic E-state index is -0.967. The first-order valence-corrected chi connectivity index (χ1v) is 6.85. The van der Waals surface area contributed by atoms with Crippen LogP contribution in [0, 0.1) is 6.92 Å². The summed E-state index contributed by atoms with van der Waals surface area (Å²) in [5.74, 6) is -0.237. The van der Waals surface area contributed by atoms with E-state index >= 15 is 0 Å². The van der Waals surface area contributed by atoms with E-state index in [9.17, 15) is 4.79 Å². The molecule has 4 nitrogen and oxygen atoms in total. The Morgan fingerprint density at radius 3 is 2.95 bits per heavy atom. The van der Waals surface area contributed by atoms with Crippen LogP contribution in [0.4, 0.5) is 0 Å². The number of aryl methyl sites for hydroxylation is 1. The van der Waals surface area contributed by atoms with E-state index in [1.807, 2.05) is 25.1 Å². The van der Waals surface area contributed by atoms with Crippen LogP contribution in [0.15, 0.2) is 24.3 Å². The van der Waals surface area contributed by atoms with Crippen molar-refractivity contribution in [1.82, 2.24) is 0 Å². The van der Waals surface area contributed by atoms with Crippen LogP contribution in [0.1, 0.15) is 30.9 Å². The smallest absolute Gasteiger partial charge is 0.328 e. The molecule has 1 aromatic rings. The van der Waals surface area contributed by atoms with Crippen molar-refractivity contribution in [3.8, 4) is 5.75 Å². The summed E-state index contributed by atoms with van der Waals surface area (Å²) in [6.45, 7) is 4.52. The third-order valence-electron chi connectivity index (χ3n) is 3.38. The van der Waals surface area contributed by atoms with Crippen molar-refractivity contribution in [3.63, 3.8) is 0 Å². The molecule has 0 amide bonds. The van der Waals surface area contributed by atoms with Crippen molar-refractivity contribution in [3.05, 3.63) is 35.4 Å². The summed E-state index contributed by atoms with van der Waals surface area (Å²) in [7, 11) is 0. The standard InChI is InChI=1S/C16H20O4/c1-11-4-3-5-13(7-9-15(17)18)16(11)19-10-14-8-6-12(2)20-14/h3-5,7,9,12,14H,6,8,10H2,1-2H3,(H,17,18)/b9-7+. The highest BCUT2D eigenvalue weighted by Crippen LogP contribution is 2.26. The van der Waals surface area contributed by atoms with Gasteiger partial charge in [0.15, 0.2) is 0 Å². The van der Waals surface area contributed by atoms with E-state index in [0.29, 0.717) is 12.7 Å². The second-order valence-corrected chi connectivity index (χ2v) is 5.12. The van der Waals surface area contributed by atoms with Gasteiger partial charge in [0.2, 0.25) is 0 Å². The van der Waals surface area contributed by atoms with Crippen LogP contribution in [0.2, 0.25) is 0 Å². The first-order valence-electron chi connectivity index (χ1n) is 6.85. The molecular formula is C16H20O4. The van der Waals surface area contributed by atoms with E-state index < -0.39 is 5.97 Å². The maximum Gasteiger partial charge on any atom is 0.328 e. The van der Waals surface area contributed by atoms with E-state index in [-0.39, 0.29) is 6.10 Å². The fourth-order valence-corrected chi connectivity index (χ4v) is 2.35. The molecule has 1 saturated heterocycles. The van der Waals surface area contributed by atoms with Crippen molar-refractivity contribution >= 4 is 12.0 Å². The summed E-state index contributed by atoms with van der Waals surface area (Å²) in [5, 5.41) is 8.72.